The number of aldehydes is 1. The highest BCUT2D eigenvalue weighted by Gasteiger charge is 2.37. The zero-order valence-electron chi connectivity index (χ0n) is 6.29. The van der Waals surface area contributed by atoms with Crippen LogP contribution in [0.15, 0.2) is 24.3 Å². The summed E-state index contributed by atoms with van der Waals surface area (Å²) in [6.45, 7) is 0.415. The molecule has 1 unspecified atom stereocenters. The molecule has 2 rings (SSSR count). The van der Waals surface area contributed by atoms with Crippen molar-refractivity contribution in [2.75, 3.05) is 0 Å². The second kappa shape index (κ2) is 2.57. The molecule has 62 valence electrons. The molecule has 0 bridgehead atoms. The Morgan fingerprint density at radius 3 is 3.00 bits per heavy atom. The third-order valence-corrected chi connectivity index (χ3v) is 2.38. The van der Waals surface area contributed by atoms with Gasteiger partial charge in [-0.2, -0.15) is 0 Å². The maximum Gasteiger partial charge on any atom is 0.224 e. The van der Waals surface area contributed by atoms with Gasteiger partial charge in [-0.3, -0.25) is 4.79 Å². The monoisotopic (exact) mass is 182 g/mol. The van der Waals surface area contributed by atoms with Crippen molar-refractivity contribution in [3.05, 3.63) is 35.4 Å². The highest BCUT2D eigenvalue weighted by Crippen LogP contribution is 2.37. The molecule has 0 fully saturated rings. The van der Waals surface area contributed by atoms with Crippen molar-refractivity contribution in [2.24, 2.45) is 0 Å². The van der Waals surface area contributed by atoms with Crippen LogP contribution in [0.1, 0.15) is 11.1 Å². The molecule has 1 aliphatic rings. The van der Waals surface area contributed by atoms with E-state index in [4.69, 9.17) is 16.3 Å². The largest absolute Gasteiger partial charge is 0.344 e. The van der Waals surface area contributed by atoms with Crippen LogP contribution in [0.3, 0.4) is 0 Å². The molecule has 2 nitrogen and oxygen atoms in total. The summed E-state index contributed by atoms with van der Waals surface area (Å²) < 4.78 is 5.16. The topological polar surface area (TPSA) is 26.3 Å². The molecule has 12 heavy (non-hydrogen) atoms. The van der Waals surface area contributed by atoms with Crippen molar-refractivity contribution in [1.82, 2.24) is 0 Å². The van der Waals surface area contributed by atoms with Gasteiger partial charge in [-0.15, -0.1) is 0 Å². The van der Waals surface area contributed by atoms with Crippen LogP contribution in [0.4, 0.5) is 0 Å². The predicted molar refractivity (Wildman–Crippen MR) is 44.8 cm³/mol. The highest BCUT2D eigenvalue weighted by molar-refractivity contribution is 6.30. The summed E-state index contributed by atoms with van der Waals surface area (Å²) in [7, 11) is 0. The zero-order valence-corrected chi connectivity index (χ0v) is 7.04. The van der Waals surface area contributed by atoms with Crippen LogP contribution in [-0.4, -0.2) is 6.29 Å². The van der Waals surface area contributed by atoms with Gasteiger partial charge in [-0.25, -0.2) is 0 Å². The summed E-state index contributed by atoms with van der Waals surface area (Å²) in [6.07, 6.45) is 0.625. The van der Waals surface area contributed by atoms with Crippen molar-refractivity contribution in [3.63, 3.8) is 0 Å². The maximum atomic E-state index is 10.6. The lowest BCUT2D eigenvalue weighted by Crippen LogP contribution is -2.18. The van der Waals surface area contributed by atoms with Gasteiger partial charge in [0.2, 0.25) is 5.06 Å². The molecule has 0 saturated carbocycles. The summed E-state index contributed by atoms with van der Waals surface area (Å²) >= 11 is 5.90. The second-order valence-electron chi connectivity index (χ2n) is 2.71. The van der Waals surface area contributed by atoms with Crippen LogP contribution < -0.4 is 0 Å². The molecule has 0 saturated heterocycles. The lowest BCUT2D eigenvalue weighted by atomic mass is 10.1. The molecule has 0 N–H and O–H groups in total. The van der Waals surface area contributed by atoms with E-state index < -0.39 is 5.06 Å². The van der Waals surface area contributed by atoms with E-state index in [-0.39, 0.29) is 0 Å². The number of ether oxygens (including phenoxy) is 1. The summed E-state index contributed by atoms with van der Waals surface area (Å²) in [5.74, 6) is 0. The summed E-state index contributed by atoms with van der Waals surface area (Å²) in [4.78, 5) is 10.6. The van der Waals surface area contributed by atoms with Gasteiger partial charge in [0, 0.05) is 5.56 Å². The van der Waals surface area contributed by atoms with E-state index in [1.807, 2.05) is 24.3 Å². The summed E-state index contributed by atoms with van der Waals surface area (Å²) in [6, 6.07) is 7.45. The van der Waals surface area contributed by atoms with Crippen molar-refractivity contribution in [3.8, 4) is 0 Å². The molecule has 0 amide bonds. The molecule has 1 aliphatic heterocycles. The Labute approximate surface area is 75.1 Å². The van der Waals surface area contributed by atoms with Crippen LogP contribution in [0, 0.1) is 0 Å². The molecule has 1 atom stereocenters. The smallest absolute Gasteiger partial charge is 0.224 e. The van der Waals surface area contributed by atoms with Crippen LogP contribution in [-0.2, 0) is 21.2 Å². The fourth-order valence-corrected chi connectivity index (χ4v) is 1.58. The molecule has 1 aromatic carbocycles. The maximum absolute atomic E-state index is 10.6. The number of halogens is 1. The van der Waals surface area contributed by atoms with Gasteiger partial charge in [-0.1, -0.05) is 35.9 Å². The van der Waals surface area contributed by atoms with Crippen LogP contribution in [0.5, 0.6) is 0 Å². The van der Waals surface area contributed by atoms with Gasteiger partial charge in [-0.05, 0) is 5.56 Å². The summed E-state index contributed by atoms with van der Waals surface area (Å²) in [5.41, 5.74) is 1.75. The molecular weight excluding hydrogens is 176 g/mol. The number of hydrogen-bond acceptors (Lipinski definition) is 2. The van der Waals surface area contributed by atoms with Gasteiger partial charge in [0.1, 0.15) is 0 Å². The zero-order chi connectivity index (χ0) is 8.60. The van der Waals surface area contributed by atoms with Crippen molar-refractivity contribution in [1.29, 1.82) is 0 Å². The van der Waals surface area contributed by atoms with Gasteiger partial charge >= 0.3 is 0 Å². The number of benzene rings is 1. The van der Waals surface area contributed by atoms with E-state index >= 15 is 0 Å². The van der Waals surface area contributed by atoms with Crippen molar-refractivity contribution in [2.45, 2.75) is 11.7 Å². The normalized spacial score (nSPS) is 26.8. The number of alkyl halides is 1. The standard InChI is InChI=1S/C9H7ClO2/c10-9(6-11)8-4-2-1-3-7(8)5-12-9/h1-4,6H,5H2. The number of fused-ring (bicyclic) bond motifs is 1. The average molecular weight is 183 g/mol. The fraction of sp³-hybridized carbons (Fsp3) is 0.222. The van der Waals surface area contributed by atoms with E-state index in [1.54, 1.807) is 0 Å². The van der Waals surface area contributed by atoms with E-state index in [9.17, 15) is 4.79 Å². The Morgan fingerprint density at radius 2 is 2.25 bits per heavy atom. The molecule has 0 spiro atoms. The minimum Gasteiger partial charge on any atom is -0.344 e. The SMILES string of the molecule is O=CC1(Cl)OCc2ccccc21. The quantitative estimate of drug-likeness (QED) is 0.489. The Hall–Kier alpha value is -0.860. The Balaban J connectivity index is 2.56. The van der Waals surface area contributed by atoms with E-state index in [0.29, 0.717) is 12.9 Å². The van der Waals surface area contributed by atoms with Crippen LogP contribution >= 0.6 is 11.6 Å². The first-order valence-electron chi connectivity index (χ1n) is 3.64. The first kappa shape index (κ1) is 7.77. The molecule has 3 heteroatoms. The number of carbonyl (C=O) groups excluding carboxylic acids is 1. The van der Waals surface area contributed by atoms with Gasteiger partial charge < -0.3 is 4.74 Å². The molecule has 1 aromatic rings. The number of carbonyl (C=O) groups is 1. The molecule has 0 aromatic heterocycles. The molecule has 1 heterocycles. The Kier molecular flexibility index (Phi) is 1.67. The Morgan fingerprint density at radius 1 is 1.50 bits per heavy atom. The fourth-order valence-electron chi connectivity index (χ4n) is 1.34. The van der Waals surface area contributed by atoms with Crippen LogP contribution in [0.25, 0.3) is 0 Å². The number of hydrogen-bond donors (Lipinski definition) is 0. The molecular formula is C9H7ClO2. The molecule has 0 aliphatic carbocycles. The van der Waals surface area contributed by atoms with Crippen molar-refractivity contribution < 1.29 is 9.53 Å². The second-order valence-corrected chi connectivity index (χ2v) is 3.27. The Bertz CT molecular complexity index is 324. The van der Waals surface area contributed by atoms with Crippen LogP contribution in [0.2, 0.25) is 0 Å². The van der Waals surface area contributed by atoms with Gasteiger partial charge in [0.25, 0.3) is 0 Å². The first-order chi connectivity index (χ1) is 5.76. The van der Waals surface area contributed by atoms with Gasteiger partial charge in [0.15, 0.2) is 6.29 Å². The third-order valence-electron chi connectivity index (χ3n) is 1.97. The third kappa shape index (κ3) is 0.958. The first-order valence-corrected chi connectivity index (χ1v) is 4.02. The summed E-state index contributed by atoms with van der Waals surface area (Å²) in [5, 5.41) is -1.24. The molecule has 0 radical (unpaired) electrons. The van der Waals surface area contributed by atoms with E-state index in [2.05, 4.69) is 0 Å². The minimum absolute atomic E-state index is 0.415. The lowest BCUT2D eigenvalue weighted by molar-refractivity contribution is -0.121. The van der Waals surface area contributed by atoms with E-state index in [0.717, 1.165) is 11.1 Å². The highest BCUT2D eigenvalue weighted by atomic mass is 35.5. The minimum atomic E-state index is -1.24. The predicted octanol–water partition coefficient (Wildman–Crippen LogP) is 1.81. The van der Waals surface area contributed by atoms with E-state index in [1.165, 1.54) is 0 Å². The number of rotatable bonds is 1. The lowest BCUT2D eigenvalue weighted by Gasteiger charge is -2.12. The average Bonchev–Trinajstić information content (AvgIpc) is 2.46. The van der Waals surface area contributed by atoms with Gasteiger partial charge in [0.05, 0.1) is 6.61 Å². The van der Waals surface area contributed by atoms with Crippen molar-refractivity contribution >= 4 is 17.9 Å².